The summed E-state index contributed by atoms with van der Waals surface area (Å²) >= 11 is 0. The minimum absolute atomic E-state index is 0.0111. The van der Waals surface area contributed by atoms with Crippen molar-refractivity contribution in [3.05, 3.63) is 154 Å². The number of ether oxygens (including phenoxy) is 8. The SMILES string of the molecule is CCC[C@H]1OC(C)(C)O[C@H]1[C@H](COC1OC(COCc2ccccc2)C(OCc2ccccc2)C(OCc2ccccc2)C1OCc1ccccc1)N=[N+]=[N-]. The Labute approximate surface area is 324 Å². The van der Waals surface area contributed by atoms with Gasteiger partial charge < -0.3 is 37.9 Å². The molecule has 11 nitrogen and oxygen atoms in total. The third-order valence-electron chi connectivity index (χ3n) is 9.65. The van der Waals surface area contributed by atoms with E-state index in [1.807, 2.05) is 135 Å². The van der Waals surface area contributed by atoms with Crippen LogP contribution < -0.4 is 0 Å². The summed E-state index contributed by atoms with van der Waals surface area (Å²) in [6.07, 6.45) is -2.78. The maximum absolute atomic E-state index is 9.68. The molecule has 2 fully saturated rings. The number of azide groups is 1. The Morgan fingerprint density at radius 3 is 1.64 bits per heavy atom. The van der Waals surface area contributed by atoms with E-state index in [1.165, 1.54) is 0 Å². The smallest absolute Gasteiger partial charge is 0.186 e. The minimum atomic E-state index is -0.956. The Hall–Kier alpha value is -4.13. The highest BCUT2D eigenvalue weighted by atomic mass is 16.8. The lowest BCUT2D eigenvalue weighted by Crippen LogP contribution is -2.62. The first-order chi connectivity index (χ1) is 26.9. The molecule has 0 spiro atoms. The standard InChI is InChI=1S/C44H53N3O8/c1-4-17-37-39(55-44(2,3)54-37)36(46-47-45)30-52-43-42(51-29-35-24-15-8-16-25-35)41(50-28-34-22-13-7-14-23-34)40(49-27-33-20-11-6-12-21-33)38(53-43)31-48-26-32-18-9-5-10-19-32/h5-16,18-25,36-43H,4,17,26-31H2,1-3H3/t36-,37+,38?,39-,40?,41?,42?,43?/m0/s1. The predicted octanol–water partition coefficient (Wildman–Crippen LogP) is 8.70. The van der Waals surface area contributed by atoms with Gasteiger partial charge >= 0.3 is 0 Å². The molecule has 0 aliphatic carbocycles. The summed E-state index contributed by atoms with van der Waals surface area (Å²) in [5.74, 6) is -0.836. The molecule has 11 heteroatoms. The van der Waals surface area contributed by atoms with Gasteiger partial charge in [-0.25, -0.2) is 0 Å². The molecular weight excluding hydrogens is 698 g/mol. The molecule has 292 valence electrons. The van der Waals surface area contributed by atoms with E-state index in [0.29, 0.717) is 19.8 Å². The van der Waals surface area contributed by atoms with Crippen molar-refractivity contribution in [3.63, 3.8) is 0 Å². The Morgan fingerprint density at radius 2 is 1.13 bits per heavy atom. The predicted molar refractivity (Wildman–Crippen MR) is 207 cm³/mol. The number of rotatable bonds is 20. The normalized spacial score (nSPS) is 25.3. The topological polar surface area (TPSA) is 123 Å². The molecule has 0 N–H and O–H groups in total. The molecule has 2 heterocycles. The molecule has 0 aromatic heterocycles. The molecule has 6 rings (SSSR count). The van der Waals surface area contributed by atoms with Crippen LogP contribution in [0.5, 0.6) is 0 Å². The van der Waals surface area contributed by atoms with Gasteiger partial charge in [0, 0.05) is 4.91 Å². The fraction of sp³-hybridized carbons (Fsp3) is 0.455. The molecule has 55 heavy (non-hydrogen) atoms. The average Bonchev–Trinajstić information content (AvgIpc) is 3.52. The average molecular weight is 752 g/mol. The molecule has 4 aromatic carbocycles. The fourth-order valence-electron chi connectivity index (χ4n) is 7.03. The van der Waals surface area contributed by atoms with Crippen molar-refractivity contribution < 1.29 is 37.9 Å². The lowest BCUT2D eigenvalue weighted by Gasteiger charge is -2.46. The molecule has 4 aromatic rings. The van der Waals surface area contributed by atoms with Crippen LogP contribution in [0.25, 0.3) is 10.4 Å². The third-order valence-corrected chi connectivity index (χ3v) is 9.65. The lowest BCUT2D eigenvalue weighted by atomic mass is 9.97. The van der Waals surface area contributed by atoms with Crippen molar-refractivity contribution in [2.45, 2.75) is 115 Å². The quantitative estimate of drug-likeness (QED) is 0.0500. The summed E-state index contributed by atoms with van der Waals surface area (Å²) in [5.41, 5.74) is 13.7. The van der Waals surface area contributed by atoms with Gasteiger partial charge in [-0.3, -0.25) is 0 Å². The second-order valence-corrected chi connectivity index (χ2v) is 14.4. The Morgan fingerprint density at radius 1 is 0.636 bits per heavy atom. The van der Waals surface area contributed by atoms with E-state index < -0.39 is 48.6 Å². The fourth-order valence-corrected chi connectivity index (χ4v) is 7.03. The summed E-state index contributed by atoms with van der Waals surface area (Å²) in [4.78, 5) is 3.18. The van der Waals surface area contributed by atoms with Crippen molar-refractivity contribution in [2.24, 2.45) is 5.11 Å². The zero-order valence-electron chi connectivity index (χ0n) is 31.9. The molecule has 8 atom stereocenters. The van der Waals surface area contributed by atoms with Crippen LogP contribution in [0.2, 0.25) is 0 Å². The molecule has 0 radical (unpaired) electrons. The van der Waals surface area contributed by atoms with Crippen LogP contribution in [-0.4, -0.2) is 68.0 Å². The van der Waals surface area contributed by atoms with Gasteiger partial charge in [0.15, 0.2) is 12.1 Å². The van der Waals surface area contributed by atoms with Crippen LogP contribution in [0, 0.1) is 0 Å². The summed E-state index contributed by atoms with van der Waals surface area (Å²) < 4.78 is 52.7. The van der Waals surface area contributed by atoms with Gasteiger partial charge in [-0.2, -0.15) is 0 Å². The van der Waals surface area contributed by atoms with E-state index in [-0.39, 0.29) is 25.9 Å². The van der Waals surface area contributed by atoms with Crippen LogP contribution >= 0.6 is 0 Å². The highest BCUT2D eigenvalue weighted by Crippen LogP contribution is 2.35. The largest absolute Gasteiger partial charge is 0.374 e. The van der Waals surface area contributed by atoms with Crippen LogP contribution in [0.3, 0.4) is 0 Å². The maximum Gasteiger partial charge on any atom is 0.186 e. The van der Waals surface area contributed by atoms with Crippen molar-refractivity contribution in [1.29, 1.82) is 0 Å². The summed E-state index contributed by atoms with van der Waals surface area (Å²) in [6, 6.07) is 39.2. The molecule has 2 saturated heterocycles. The van der Waals surface area contributed by atoms with Gasteiger partial charge in [-0.05, 0) is 48.1 Å². The second-order valence-electron chi connectivity index (χ2n) is 14.4. The number of hydrogen-bond acceptors (Lipinski definition) is 9. The van der Waals surface area contributed by atoms with Crippen molar-refractivity contribution >= 4 is 0 Å². The van der Waals surface area contributed by atoms with E-state index in [0.717, 1.165) is 35.1 Å². The molecule has 0 bridgehead atoms. The zero-order valence-corrected chi connectivity index (χ0v) is 31.9. The monoisotopic (exact) mass is 751 g/mol. The van der Waals surface area contributed by atoms with Gasteiger partial charge in [0.2, 0.25) is 0 Å². The molecule has 0 saturated carbocycles. The number of hydrogen-bond donors (Lipinski definition) is 0. The zero-order chi connectivity index (χ0) is 38.3. The van der Waals surface area contributed by atoms with E-state index in [9.17, 15) is 5.53 Å². The Balaban J connectivity index is 1.32. The first-order valence-electron chi connectivity index (χ1n) is 19.2. The number of nitrogens with zero attached hydrogens (tertiary/aromatic N) is 3. The summed E-state index contributed by atoms with van der Waals surface area (Å²) in [7, 11) is 0. The third kappa shape index (κ3) is 11.9. The Bertz CT molecular complexity index is 1730. The Kier molecular flexibility index (Phi) is 15.2. The van der Waals surface area contributed by atoms with Gasteiger partial charge in [0.1, 0.15) is 24.4 Å². The van der Waals surface area contributed by atoms with Crippen molar-refractivity contribution in [1.82, 2.24) is 0 Å². The molecule has 2 aliphatic heterocycles. The first-order valence-corrected chi connectivity index (χ1v) is 19.2. The molecule has 0 amide bonds. The highest BCUT2D eigenvalue weighted by Gasteiger charge is 2.50. The lowest BCUT2D eigenvalue weighted by molar-refractivity contribution is -0.329. The summed E-state index contributed by atoms with van der Waals surface area (Å²) in [5, 5.41) is 4.16. The molecule has 5 unspecified atom stereocenters. The van der Waals surface area contributed by atoms with Crippen LogP contribution in [-0.2, 0) is 64.3 Å². The van der Waals surface area contributed by atoms with Gasteiger partial charge in [0.05, 0.1) is 57.9 Å². The van der Waals surface area contributed by atoms with Crippen molar-refractivity contribution in [3.8, 4) is 0 Å². The van der Waals surface area contributed by atoms with Gasteiger partial charge in [-0.15, -0.1) is 0 Å². The minimum Gasteiger partial charge on any atom is -0.374 e. The first kappa shape index (κ1) is 40.5. The van der Waals surface area contributed by atoms with Crippen LogP contribution in [0.4, 0.5) is 0 Å². The van der Waals surface area contributed by atoms with E-state index in [1.54, 1.807) is 0 Å². The van der Waals surface area contributed by atoms with Crippen LogP contribution in [0.1, 0.15) is 55.9 Å². The molecule has 2 aliphatic rings. The summed E-state index contributed by atoms with van der Waals surface area (Å²) in [6.45, 7) is 7.27. The van der Waals surface area contributed by atoms with Crippen LogP contribution in [0.15, 0.2) is 126 Å². The second kappa shape index (κ2) is 20.7. The van der Waals surface area contributed by atoms with E-state index >= 15 is 0 Å². The number of benzene rings is 4. The van der Waals surface area contributed by atoms with Gasteiger partial charge in [0.25, 0.3) is 0 Å². The maximum atomic E-state index is 9.68. The van der Waals surface area contributed by atoms with E-state index in [2.05, 4.69) is 16.9 Å². The van der Waals surface area contributed by atoms with Crippen molar-refractivity contribution in [2.75, 3.05) is 13.2 Å². The highest BCUT2D eigenvalue weighted by molar-refractivity contribution is 5.16. The van der Waals surface area contributed by atoms with Gasteiger partial charge in [-0.1, -0.05) is 140 Å². The molecular formula is C44H53N3O8. The van der Waals surface area contributed by atoms with E-state index in [4.69, 9.17) is 37.9 Å².